The lowest BCUT2D eigenvalue weighted by molar-refractivity contribution is -0.0275. The molecule has 184 valence electrons. The number of carboxylic acid groups (broad SMARTS) is 1. The van der Waals surface area contributed by atoms with Crippen LogP contribution in [0.2, 0.25) is 0 Å². The first-order valence-electron chi connectivity index (χ1n) is 12.5. The smallest absolute Gasteiger partial charge is 0.407 e. The van der Waals surface area contributed by atoms with E-state index in [9.17, 15) is 4.79 Å². The molecule has 0 saturated carbocycles. The number of likely N-dealkylation sites (tertiary alicyclic amines) is 1. The topological polar surface area (TPSA) is 70.8 Å². The van der Waals surface area contributed by atoms with Gasteiger partial charge in [0.15, 0.2) is 0 Å². The molecule has 7 heteroatoms. The molecule has 1 aromatic heterocycles. The molecule has 7 nitrogen and oxygen atoms in total. The van der Waals surface area contributed by atoms with E-state index in [-0.39, 0.29) is 12.2 Å². The minimum Gasteiger partial charge on any atom is -0.465 e. The number of aryl methyl sites for hydroxylation is 2. The number of benzene rings is 2. The number of hydrogen-bond acceptors (Lipinski definition) is 4. The molecule has 35 heavy (non-hydrogen) atoms. The second-order valence-corrected chi connectivity index (χ2v) is 9.80. The second-order valence-electron chi connectivity index (χ2n) is 9.80. The molecule has 2 aliphatic rings. The molecular formula is C28H34N4O3. The van der Waals surface area contributed by atoms with Gasteiger partial charge in [0.1, 0.15) is 11.9 Å². The number of hydrogen-bond donors (Lipinski definition) is 1. The van der Waals surface area contributed by atoms with E-state index >= 15 is 0 Å². The van der Waals surface area contributed by atoms with Crippen LogP contribution < -0.4 is 0 Å². The Morgan fingerprint density at radius 1 is 1.11 bits per heavy atom. The van der Waals surface area contributed by atoms with E-state index < -0.39 is 6.09 Å². The van der Waals surface area contributed by atoms with Gasteiger partial charge in [0.2, 0.25) is 0 Å². The first-order chi connectivity index (χ1) is 17.0. The summed E-state index contributed by atoms with van der Waals surface area (Å²) in [6.45, 7) is 3.48. The summed E-state index contributed by atoms with van der Waals surface area (Å²) in [5, 5.41) is 9.05. The molecule has 0 bridgehead atoms. The van der Waals surface area contributed by atoms with Gasteiger partial charge in [-0.15, -0.1) is 0 Å². The Kier molecular flexibility index (Phi) is 6.88. The number of rotatable bonds is 6. The van der Waals surface area contributed by atoms with Crippen molar-refractivity contribution in [3.05, 3.63) is 77.2 Å². The van der Waals surface area contributed by atoms with Crippen LogP contribution in [0.25, 0.3) is 11.3 Å². The minimum atomic E-state index is -0.903. The van der Waals surface area contributed by atoms with Crippen LogP contribution in [-0.2, 0) is 24.1 Å². The first-order valence-corrected chi connectivity index (χ1v) is 12.5. The van der Waals surface area contributed by atoms with Gasteiger partial charge < -0.3 is 24.2 Å². The van der Waals surface area contributed by atoms with Crippen molar-refractivity contribution in [2.75, 3.05) is 33.7 Å². The molecule has 1 saturated heterocycles. The maximum atomic E-state index is 11.0. The summed E-state index contributed by atoms with van der Waals surface area (Å²) in [5.41, 5.74) is 5.70. The predicted octanol–water partition coefficient (Wildman–Crippen LogP) is 4.46. The van der Waals surface area contributed by atoms with Crippen molar-refractivity contribution >= 4 is 6.09 Å². The molecule has 1 N–H and O–H groups in total. The molecule has 0 aliphatic carbocycles. The van der Waals surface area contributed by atoms with Gasteiger partial charge in [0.25, 0.3) is 0 Å². The Bertz CT molecular complexity index is 1170. The fraction of sp³-hybridized carbons (Fsp3) is 0.429. The highest BCUT2D eigenvalue weighted by Crippen LogP contribution is 2.35. The standard InChI is InChI=1S/C28H34N4O3/c1-30-15-13-23(14-16-30)35-26-24-6-4-3-5-21(24)12-18-32-19-25(29-27(26)32)22-9-7-20(8-10-22)11-17-31(2)28(33)34/h3-10,19,23,26H,11-18H2,1-2H3,(H,33,34). The third-order valence-corrected chi connectivity index (χ3v) is 7.31. The summed E-state index contributed by atoms with van der Waals surface area (Å²) >= 11 is 0. The molecule has 2 aliphatic heterocycles. The summed E-state index contributed by atoms with van der Waals surface area (Å²) in [7, 11) is 3.77. The summed E-state index contributed by atoms with van der Waals surface area (Å²) in [4.78, 5) is 19.8. The molecular weight excluding hydrogens is 440 g/mol. The van der Waals surface area contributed by atoms with E-state index in [0.717, 1.165) is 61.5 Å². The maximum absolute atomic E-state index is 11.0. The van der Waals surface area contributed by atoms with E-state index in [2.05, 4.69) is 71.2 Å². The van der Waals surface area contributed by atoms with Gasteiger partial charge in [-0.3, -0.25) is 0 Å². The molecule has 1 unspecified atom stereocenters. The van der Waals surface area contributed by atoms with Gasteiger partial charge in [-0.1, -0.05) is 48.5 Å². The molecule has 3 heterocycles. The SMILES string of the molecule is CN1CCC(OC2c3ccccc3CCn3cc(-c4ccc(CCN(C)C(=O)O)cc4)nc32)CC1. The lowest BCUT2D eigenvalue weighted by Crippen LogP contribution is -2.35. The summed E-state index contributed by atoms with van der Waals surface area (Å²) < 4.78 is 9.06. The van der Waals surface area contributed by atoms with Crippen LogP contribution in [0.4, 0.5) is 4.79 Å². The van der Waals surface area contributed by atoms with E-state index in [1.54, 1.807) is 7.05 Å². The summed E-state index contributed by atoms with van der Waals surface area (Å²) in [5.74, 6) is 0.982. The predicted molar refractivity (Wildman–Crippen MR) is 136 cm³/mol. The van der Waals surface area contributed by atoms with E-state index in [1.165, 1.54) is 16.0 Å². The van der Waals surface area contributed by atoms with Crippen LogP contribution in [0.15, 0.2) is 54.7 Å². The molecule has 0 spiro atoms. The van der Waals surface area contributed by atoms with Crippen LogP contribution >= 0.6 is 0 Å². The highest BCUT2D eigenvalue weighted by Gasteiger charge is 2.30. The van der Waals surface area contributed by atoms with E-state index in [0.29, 0.717) is 13.0 Å². The highest BCUT2D eigenvalue weighted by atomic mass is 16.5. The fourth-order valence-corrected chi connectivity index (χ4v) is 5.04. The Balaban J connectivity index is 1.39. The molecule has 5 rings (SSSR count). The third-order valence-electron chi connectivity index (χ3n) is 7.31. The third kappa shape index (κ3) is 5.26. The number of fused-ring (bicyclic) bond motifs is 2. The number of piperidine rings is 1. The fourth-order valence-electron chi connectivity index (χ4n) is 5.04. The van der Waals surface area contributed by atoms with E-state index in [4.69, 9.17) is 14.8 Å². The number of likely N-dealkylation sites (N-methyl/N-ethyl adjacent to an activating group) is 1. The maximum Gasteiger partial charge on any atom is 0.407 e. The first kappa shape index (κ1) is 23.6. The largest absolute Gasteiger partial charge is 0.465 e. The lowest BCUT2D eigenvalue weighted by Gasteiger charge is -2.32. The van der Waals surface area contributed by atoms with Crippen molar-refractivity contribution in [2.24, 2.45) is 0 Å². The number of carbonyl (C=O) groups is 1. The zero-order chi connectivity index (χ0) is 24.4. The lowest BCUT2D eigenvalue weighted by atomic mass is 10.00. The van der Waals surface area contributed by atoms with Crippen molar-refractivity contribution < 1.29 is 14.6 Å². The number of aromatic nitrogens is 2. The Hall–Kier alpha value is -3.16. The van der Waals surface area contributed by atoms with Gasteiger partial charge in [-0.05, 0) is 49.4 Å². The number of amides is 1. The minimum absolute atomic E-state index is 0.165. The van der Waals surface area contributed by atoms with Crippen molar-refractivity contribution in [1.82, 2.24) is 19.4 Å². The van der Waals surface area contributed by atoms with Crippen molar-refractivity contribution in [3.63, 3.8) is 0 Å². The van der Waals surface area contributed by atoms with Gasteiger partial charge >= 0.3 is 6.09 Å². The molecule has 1 fully saturated rings. The number of nitrogens with zero attached hydrogens (tertiary/aromatic N) is 4. The van der Waals surface area contributed by atoms with Crippen LogP contribution in [-0.4, -0.2) is 70.4 Å². The van der Waals surface area contributed by atoms with E-state index in [1.807, 2.05) is 0 Å². The van der Waals surface area contributed by atoms with Crippen molar-refractivity contribution in [1.29, 1.82) is 0 Å². The summed E-state index contributed by atoms with van der Waals surface area (Å²) in [6.07, 6.45) is 5.05. The van der Waals surface area contributed by atoms with Crippen molar-refractivity contribution in [3.8, 4) is 11.3 Å². The van der Waals surface area contributed by atoms with Crippen LogP contribution in [0.1, 0.15) is 41.5 Å². The normalized spacial score (nSPS) is 18.5. The Morgan fingerprint density at radius 2 is 1.86 bits per heavy atom. The average Bonchev–Trinajstić information content (AvgIpc) is 3.24. The highest BCUT2D eigenvalue weighted by molar-refractivity contribution is 5.64. The molecule has 1 amide bonds. The van der Waals surface area contributed by atoms with Crippen LogP contribution in [0.5, 0.6) is 0 Å². The zero-order valence-corrected chi connectivity index (χ0v) is 20.6. The molecule has 0 radical (unpaired) electrons. The average molecular weight is 475 g/mol. The monoisotopic (exact) mass is 474 g/mol. The molecule has 3 aromatic rings. The van der Waals surface area contributed by atoms with Crippen LogP contribution in [0.3, 0.4) is 0 Å². The number of imidazole rings is 1. The van der Waals surface area contributed by atoms with Crippen LogP contribution in [0, 0.1) is 0 Å². The van der Waals surface area contributed by atoms with Gasteiger partial charge in [-0.25, -0.2) is 9.78 Å². The van der Waals surface area contributed by atoms with Gasteiger partial charge in [0, 0.05) is 45.0 Å². The zero-order valence-electron chi connectivity index (χ0n) is 20.6. The number of ether oxygens (including phenoxy) is 1. The summed E-state index contributed by atoms with van der Waals surface area (Å²) in [6, 6.07) is 16.9. The Morgan fingerprint density at radius 3 is 2.60 bits per heavy atom. The molecule has 1 atom stereocenters. The van der Waals surface area contributed by atoms with Gasteiger partial charge in [-0.2, -0.15) is 0 Å². The van der Waals surface area contributed by atoms with Crippen molar-refractivity contribution in [2.45, 2.75) is 44.4 Å². The van der Waals surface area contributed by atoms with Gasteiger partial charge in [0.05, 0.1) is 11.8 Å². The second kappa shape index (κ2) is 10.2. The quantitative estimate of drug-likeness (QED) is 0.571. The Labute approximate surface area is 207 Å². The molecule has 2 aromatic carbocycles.